The number of halogens is 1. The molecule has 1 N–H and O–H groups in total. The molecule has 2 amide bonds. The van der Waals surface area contributed by atoms with Gasteiger partial charge in [-0.1, -0.05) is 0 Å². The van der Waals surface area contributed by atoms with Crippen LogP contribution in [-0.2, 0) is 0 Å². The first-order valence-corrected chi connectivity index (χ1v) is 8.42. The van der Waals surface area contributed by atoms with Crippen molar-refractivity contribution in [3.05, 3.63) is 71.0 Å². The van der Waals surface area contributed by atoms with E-state index < -0.39 is 0 Å². The van der Waals surface area contributed by atoms with E-state index in [1.807, 2.05) is 6.07 Å². The number of rotatable bonds is 3. The molecule has 1 aliphatic rings. The zero-order chi connectivity index (χ0) is 18.5. The van der Waals surface area contributed by atoms with Gasteiger partial charge < -0.3 is 10.2 Å². The first kappa shape index (κ1) is 17.6. The maximum Gasteiger partial charge on any atom is 0.253 e. The van der Waals surface area contributed by atoms with E-state index in [0.29, 0.717) is 42.6 Å². The predicted molar refractivity (Wildman–Crippen MR) is 93.9 cm³/mol. The molecular weight excluding hydrogens is 333 g/mol. The Morgan fingerprint density at radius 2 is 1.58 bits per heavy atom. The zero-order valence-electron chi connectivity index (χ0n) is 14.1. The Morgan fingerprint density at radius 3 is 2.15 bits per heavy atom. The number of piperidine rings is 1. The second-order valence-electron chi connectivity index (χ2n) is 6.24. The third kappa shape index (κ3) is 4.06. The van der Waals surface area contributed by atoms with Crippen LogP contribution < -0.4 is 5.32 Å². The summed E-state index contributed by atoms with van der Waals surface area (Å²) in [4.78, 5) is 26.4. The molecule has 3 rings (SSSR count). The Hall–Kier alpha value is -3.20. The van der Waals surface area contributed by atoms with E-state index in [-0.39, 0.29) is 23.7 Å². The molecule has 0 atom stereocenters. The minimum absolute atomic E-state index is 0.0161. The summed E-state index contributed by atoms with van der Waals surface area (Å²) >= 11 is 0. The zero-order valence-corrected chi connectivity index (χ0v) is 14.1. The topological polar surface area (TPSA) is 73.2 Å². The first-order chi connectivity index (χ1) is 12.6. The first-order valence-electron chi connectivity index (χ1n) is 8.42. The molecule has 6 heteroatoms. The average molecular weight is 351 g/mol. The molecule has 0 aromatic heterocycles. The quantitative estimate of drug-likeness (QED) is 0.924. The van der Waals surface area contributed by atoms with Crippen molar-refractivity contribution in [2.45, 2.75) is 18.9 Å². The molecule has 2 aromatic rings. The van der Waals surface area contributed by atoms with Crippen LogP contribution in [0.5, 0.6) is 0 Å². The van der Waals surface area contributed by atoms with Crippen molar-refractivity contribution < 1.29 is 14.0 Å². The number of nitriles is 1. The number of likely N-dealkylation sites (tertiary alicyclic amines) is 1. The highest BCUT2D eigenvalue weighted by atomic mass is 19.1. The van der Waals surface area contributed by atoms with Crippen LogP contribution in [0.3, 0.4) is 0 Å². The van der Waals surface area contributed by atoms with E-state index in [1.165, 1.54) is 24.3 Å². The summed E-state index contributed by atoms with van der Waals surface area (Å²) in [5.41, 5.74) is 1.49. The van der Waals surface area contributed by atoms with Gasteiger partial charge in [-0.2, -0.15) is 5.26 Å². The summed E-state index contributed by atoms with van der Waals surface area (Å²) in [6, 6.07) is 14.0. The van der Waals surface area contributed by atoms with Gasteiger partial charge in [-0.3, -0.25) is 9.59 Å². The molecule has 0 bridgehead atoms. The van der Waals surface area contributed by atoms with Crippen LogP contribution >= 0.6 is 0 Å². The molecule has 0 saturated carbocycles. The minimum atomic E-state index is -0.379. The maximum atomic E-state index is 12.9. The SMILES string of the molecule is N#Cc1ccc(C(=O)N2CCC(NC(=O)c3ccc(F)cc3)CC2)cc1. The van der Waals surface area contributed by atoms with E-state index in [1.54, 1.807) is 29.2 Å². The van der Waals surface area contributed by atoms with Crippen LogP contribution in [0.25, 0.3) is 0 Å². The highest BCUT2D eigenvalue weighted by Gasteiger charge is 2.24. The van der Waals surface area contributed by atoms with Gasteiger partial charge in [-0.25, -0.2) is 4.39 Å². The van der Waals surface area contributed by atoms with Crippen molar-refractivity contribution in [2.24, 2.45) is 0 Å². The Labute approximate surface area is 151 Å². The van der Waals surface area contributed by atoms with Crippen LogP contribution in [0.2, 0.25) is 0 Å². The Kier molecular flexibility index (Phi) is 5.28. The van der Waals surface area contributed by atoms with Gasteiger partial charge in [0.1, 0.15) is 5.82 Å². The number of hydrogen-bond acceptors (Lipinski definition) is 3. The van der Waals surface area contributed by atoms with Gasteiger partial charge in [0, 0.05) is 30.3 Å². The summed E-state index contributed by atoms with van der Waals surface area (Å²) in [7, 11) is 0. The fraction of sp³-hybridized carbons (Fsp3) is 0.250. The summed E-state index contributed by atoms with van der Waals surface area (Å²) < 4.78 is 12.9. The number of nitrogens with one attached hydrogen (secondary N) is 1. The van der Waals surface area contributed by atoms with E-state index in [9.17, 15) is 14.0 Å². The maximum absolute atomic E-state index is 12.9. The second-order valence-corrected chi connectivity index (χ2v) is 6.24. The number of nitrogens with zero attached hydrogens (tertiary/aromatic N) is 2. The molecule has 1 fully saturated rings. The number of carbonyl (C=O) groups is 2. The third-order valence-electron chi connectivity index (χ3n) is 4.48. The summed E-state index contributed by atoms with van der Waals surface area (Å²) in [5.74, 6) is -0.684. The number of hydrogen-bond donors (Lipinski definition) is 1. The van der Waals surface area contributed by atoms with E-state index in [4.69, 9.17) is 5.26 Å². The highest BCUT2D eigenvalue weighted by Crippen LogP contribution is 2.15. The lowest BCUT2D eigenvalue weighted by molar-refractivity contribution is 0.0698. The smallest absolute Gasteiger partial charge is 0.253 e. The molecule has 5 nitrogen and oxygen atoms in total. The summed E-state index contributed by atoms with van der Waals surface area (Å²) in [6.45, 7) is 1.10. The summed E-state index contributed by atoms with van der Waals surface area (Å²) in [6.07, 6.45) is 1.32. The van der Waals surface area contributed by atoms with Crippen LogP contribution in [0, 0.1) is 17.1 Å². The third-order valence-corrected chi connectivity index (χ3v) is 4.48. The summed E-state index contributed by atoms with van der Waals surface area (Å²) in [5, 5.41) is 11.7. The van der Waals surface area contributed by atoms with Gasteiger partial charge in [-0.15, -0.1) is 0 Å². The fourth-order valence-corrected chi connectivity index (χ4v) is 2.97. The molecule has 26 heavy (non-hydrogen) atoms. The molecule has 1 heterocycles. The van der Waals surface area contributed by atoms with E-state index in [2.05, 4.69) is 5.32 Å². The normalized spacial score (nSPS) is 14.5. The molecular formula is C20H18FN3O2. The van der Waals surface area contributed by atoms with Crippen LogP contribution in [0.4, 0.5) is 4.39 Å². The minimum Gasteiger partial charge on any atom is -0.349 e. The Morgan fingerprint density at radius 1 is 1.00 bits per heavy atom. The van der Waals surface area contributed by atoms with Crippen molar-refractivity contribution in [3.63, 3.8) is 0 Å². The molecule has 2 aromatic carbocycles. The molecule has 0 aliphatic carbocycles. The lowest BCUT2D eigenvalue weighted by Gasteiger charge is -2.32. The monoisotopic (exact) mass is 351 g/mol. The number of amides is 2. The van der Waals surface area contributed by atoms with Gasteiger partial charge in [0.25, 0.3) is 11.8 Å². The van der Waals surface area contributed by atoms with Gasteiger partial charge in [0.15, 0.2) is 0 Å². The Bertz CT molecular complexity index is 833. The molecule has 1 aliphatic heterocycles. The predicted octanol–water partition coefficient (Wildman–Crippen LogP) is 2.73. The van der Waals surface area contributed by atoms with Crippen LogP contribution in [-0.4, -0.2) is 35.8 Å². The van der Waals surface area contributed by atoms with Crippen LogP contribution in [0.15, 0.2) is 48.5 Å². The molecule has 0 spiro atoms. The van der Waals surface area contributed by atoms with Crippen molar-refractivity contribution in [1.82, 2.24) is 10.2 Å². The standard InChI is InChI=1S/C20H18FN3O2/c21-17-7-5-15(6-8-17)19(25)23-18-9-11-24(12-10-18)20(26)16-3-1-14(13-22)2-4-16/h1-8,18H,9-12H2,(H,23,25). The fourth-order valence-electron chi connectivity index (χ4n) is 2.97. The molecule has 0 radical (unpaired) electrons. The second kappa shape index (κ2) is 7.79. The van der Waals surface area contributed by atoms with E-state index >= 15 is 0 Å². The molecule has 1 saturated heterocycles. The largest absolute Gasteiger partial charge is 0.349 e. The van der Waals surface area contributed by atoms with Gasteiger partial charge in [-0.05, 0) is 61.4 Å². The van der Waals surface area contributed by atoms with Crippen molar-refractivity contribution in [3.8, 4) is 6.07 Å². The number of carbonyl (C=O) groups excluding carboxylic acids is 2. The van der Waals surface area contributed by atoms with E-state index in [0.717, 1.165) is 0 Å². The lowest BCUT2D eigenvalue weighted by Crippen LogP contribution is -2.46. The van der Waals surface area contributed by atoms with Crippen LogP contribution in [0.1, 0.15) is 39.1 Å². The van der Waals surface area contributed by atoms with Gasteiger partial charge in [0.2, 0.25) is 0 Å². The molecule has 0 unspecified atom stereocenters. The van der Waals surface area contributed by atoms with Gasteiger partial charge in [0.05, 0.1) is 11.6 Å². The highest BCUT2D eigenvalue weighted by molar-refractivity contribution is 5.95. The molecule has 132 valence electrons. The van der Waals surface area contributed by atoms with Crippen molar-refractivity contribution in [1.29, 1.82) is 5.26 Å². The van der Waals surface area contributed by atoms with Crippen molar-refractivity contribution >= 4 is 11.8 Å². The average Bonchev–Trinajstić information content (AvgIpc) is 2.68. The number of benzene rings is 2. The van der Waals surface area contributed by atoms with Crippen molar-refractivity contribution in [2.75, 3.05) is 13.1 Å². The van der Waals surface area contributed by atoms with Gasteiger partial charge >= 0.3 is 0 Å². The Balaban J connectivity index is 1.53. The lowest BCUT2D eigenvalue weighted by atomic mass is 10.0.